The maximum atomic E-state index is 13.5. The molecule has 1 fully saturated rings. The van der Waals surface area contributed by atoms with Crippen LogP contribution in [0.15, 0.2) is 30.3 Å². The third kappa shape index (κ3) is 13.0. The van der Waals surface area contributed by atoms with E-state index in [0.29, 0.717) is 6.42 Å². The van der Waals surface area contributed by atoms with E-state index < -0.39 is 78.2 Å². The van der Waals surface area contributed by atoms with E-state index in [2.05, 4.69) is 26.6 Å². The van der Waals surface area contributed by atoms with Gasteiger partial charge in [-0.1, -0.05) is 64.4 Å². The minimum absolute atomic E-state index is 0.0492. The van der Waals surface area contributed by atoms with Crippen molar-refractivity contribution in [2.75, 3.05) is 6.61 Å². The highest BCUT2D eigenvalue weighted by Crippen LogP contribution is 2.13. The lowest BCUT2D eigenvalue weighted by molar-refractivity contribution is -0.145. The number of nitrogens with one attached hydrogen (secondary N) is 5. The highest BCUT2D eigenvalue weighted by atomic mass is 16.5. The molecule has 15 nitrogen and oxygen atoms in total. The molecule has 0 unspecified atom stereocenters. The lowest BCUT2D eigenvalue weighted by atomic mass is 9.96. The number of primary amides is 1. The summed E-state index contributed by atoms with van der Waals surface area (Å²) in [5, 5.41) is 22.4. The third-order valence-corrected chi connectivity index (χ3v) is 7.80. The zero-order valence-corrected chi connectivity index (χ0v) is 27.4. The number of nitrogens with two attached hydrogens (primary N) is 1. The van der Waals surface area contributed by atoms with Crippen molar-refractivity contribution in [1.82, 2.24) is 26.6 Å². The summed E-state index contributed by atoms with van der Waals surface area (Å²) < 4.78 is 5.23. The van der Waals surface area contributed by atoms with Gasteiger partial charge in [-0.25, -0.2) is 0 Å². The smallest absolute Gasteiger partial charge is 0.306 e. The number of carbonyl (C=O) groups is 7. The molecule has 6 atom stereocenters. The van der Waals surface area contributed by atoms with Crippen LogP contribution in [0.2, 0.25) is 0 Å². The Morgan fingerprint density at radius 2 is 1.57 bits per heavy atom. The fraction of sp³-hybridized carbons (Fsp3) is 0.594. The van der Waals surface area contributed by atoms with Crippen molar-refractivity contribution in [3.05, 3.63) is 35.9 Å². The van der Waals surface area contributed by atoms with Crippen molar-refractivity contribution in [1.29, 1.82) is 0 Å². The van der Waals surface area contributed by atoms with Gasteiger partial charge in [0.25, 0.3) is 0 Å². The van der Waals surface area contributed by atoms with Crippen LogP contribution in [0, 0.1) is 11.8 Å². The molecule has 15 heteroatoms. The van der Waals surface area contributed by atoms with Crippen molar-refractivity contribution >= 4 is 41.4 Å². The summed E-state index contributed by atoms with van der Waals surface area (Å²) in [6.07, 6.45) is 0.711. The Hall–Kier alpha value is -4.53. The maximum Gasteiger partial charge on any atom is 0.306 e. The van der Waals surface area contributed by atoms with Gasteiger partial charge in [-0.3, -0.25) is 33.6 Å². The summed E-state index contributed by atoms with van der Waals surface area (Å²) >= 11 is 0. The Kier molecular flexibility index (Phi) is 15.8. The molecule has 8 N–H and O–H groups in total. The van der Waals surface area contributed by atoms with Crippen LogP contribution in [-0.2, 0) is 44.9 Å². The van der Waals surface area contributed by atoms with Gasteiger partial charge in [-0.2, -0.15) is 0 Å². The van der Waals surface area contributed by atoms with Gasteiger partial charge in [-0.15, -0.1) is 0 Å². The van der Waals surface area contributed by atoms with Gasteiger partial charge in [0.2, 0.25) is 35.4 Å². The predicted octanol–water partition coefficient (Wildman–Crippen LogP) is -0.702. The lowest BCUT2D eigenvalue weighted by Crippen LogP contribution is -2.60. The normalized spacial score (nSPS) is 17.3. The van der Waals surface area contributed by atoms with Crippen molar-refractivity contribution in [3.63, 3.8) is 0 Å². The molecule has 0 bridgehead atoms. The van der Waals surface area contributed by atoms with E-state index in [1.54, 1.807) is 38.1 Å². The largest absolute Gasteiger partial charge is 0.461 e. The molecule has 47 heavy (non-hydrogen) atoms. The molecule has 1 aromatic rings. The molecule has 1 saturated heterocycles. The van der Waals surface area contributed by atoms with Crippen LogP contribution in [0.4, 0.5) is 0 Å². The van der Waals surface area contributed by atoms with E-state index in [-0.39, 0.29) is 50.5 Å². The Balaban J connectivity index is 2.06. The second-order valence-corrected chi connectivity index (χ2v) is 12.1. The number of hydrogen-bond donors (Lipinski definition) is 7. The van der Waals surface area contributed by atoms with E-state index in [0.717, 1.165) is 5.56 Å². The zero-order valence-electron chi connectivity index (χ0n) is 27.4. The summed E-state index contributed by atoms with van der Waals surface area (Å²) in [7, 11) is 0. The quantitative estimate of drug-likeness (QED) is 0.0928. The fourth-order valence-electron chi connectivity index (χ4n) is 4.83. The van der Waals surface area contributed by atoms with Crippen molar-refractivity contribution in [2.24, 2.45) is 17.6 Å². The Labute approximate surface area is 274 Å². The van der Waals surface area contributed by atoms with Gasteiger partial charge in [0.05, 0.1) is 6.61 Å². The standard InChI is InChI=1S/C32H48N6O9/c1-5-19(4)27(32(46)35-21(28(33)42)12-14-26(41)47-17-20-9-7-6-8-10-20)38-30(44)23(15-18(2)3)36-31(45)24(16-39)37-29(43)22-11-13-25(40)34-22/h6-10,18-19,21-24,27,39H,5,11-17H2,1-4H3,(H2,33,42)(H,34,40)(H,35,46)(H,36,45)(H,37,43)(H,38,44)/t19-,21-,22-,23+,24+,27+/m0/s1. The molecule has 0 spiro atoms. The number of carbonyl (C=O) groups excluding carboxylic acids is 7. The lowest BCUT2D eigenvalue weighted by Gasteiger charge is -2.29. The maximum absolute atomic E-state index is 13.5. The molecule has 0 aromatic heterocycles. The van der Waals surface area contributed by atoms with Crippen molar-refractivity contribution in [2.45, 2.75) is 103 Å². The molecule has 1 aliphatic rings. The number of rotatable bonds is 19. The van der Waals surface area contributed by atoms with Crippen molar-refractivity contribution < 1.29 is 43.4 Å². The molecule has 1 aromatic carbocycles. The number of ether oxygens (including phenoxy) is 1. The number of amides is 6. The van der Waals surface area contributed by atoms with Gasteiger partial charge < -0.3 is 42.2 Å². The van der Waals surface area contributed by atoms with Crippen LogP contribution in [-0.4, -0.2) is 83.3 Å². The molecule has 0 radical (unpaired) electrons. The van der Waals surface area contributed by atoms with Crippen LogP contribution >= 0.6 is 0 Å². The molecule has 1 heterocycles. The molecular weight excluding hydrogens is 612 g/mol. The van der Waals surface area contributed by atoms with Crippen LogP contribution < -0.4 is 32.3 Å². The monoisotopic (exact) mass is 660 g/mol. The van der Waals surface area contributed by atoms with Crippen LogP contribution in [0.5, 0.6) is 0 Å². The van der Waals surface area contributed by atoms with Crippen LogP contribution in [0.3, 0.4) is 0 Å². The summed E-state index contributed by atoms with van der Waals surface area (Å²) in [6.45, 7) is 6.46. The van der Waals surface area contributed by atoms with Gasteiger partial charge >= 0.3 is 5.97 Å². The molecule has 1 aliphatic heterocycles. The molecule has 0 saturated carbocycles. The van der Waals surface area contributed by atoms with E-state index >= 15 is 0 Å². The summed E-state index contributed by atoms with van der Waals surface area (Å²) in [4.78, 5) is 88.4. The Morgan fingerprint density at radius 1 is 0.936 bits per heavy atom. The average molecular weight is 661 g/mol. The number of hydrogen-bond acceptors (Lipinski definition) is 9. The SMILES string of the molecule is CC[C@H](C)[C@@H](NC(=O)[C@@H](CC(C)C)NC(=O)[C@@H](CO)NC(=O)[C@@H]1CCC(=O)N1)C(=O)N[C@@H](CCC(=O)OCc1ccccc1)C(N)=O. The summed E-state index contributed by atoms with van der Waals surface area (Å²) in [6, 6.07) is 3.29. The average Bonchev–Trinajstić information content (AvgIpc) is 3.48. The third-order valence-electron chi connectivity index (χ3n) is 7.80. The van der Waals surface area contributed by atoms with Crippen molar-refractivity contribution in [3.8, 4) is 0 Å². The minimum Gasteiger partial charge on any atom is -0.461 e. The van der Waals surface area contributed by atoms with E-state index in [1.807, 2.05) is 19.9 Å². The Bertz CT molecular complexity index is 1260. The number of aliphatic hydroxyl groups excluding tert-OH is 1. The Morgan fingerprint density at radius 3 is 2.13 bits per heavy atom. The minimum atomic E-state index is -1.40. The molecule has 0 aliphatic carbocycles. The van der Waals surface area contributed by atoms with Crippen LogP contribution in [0.1, 0.15) is 71.8 Å². The molecular formula is C32H48N6O9. The van der Waals surface area contributed by atoms with Gasteiger partial charge in [0.1, 0.15) is 36.8 Å². The van der Waals surface area contributed by atoms with Crippen LogP contribution in [0.25, 0.3) is 0 Å². The van der Waals surface area contributed by atoms with Gasteiger partial charge in [0, 0.05) is 12.8 Å². The second-order valence-electron chi connectivity index (χ2n) is 12.1. The fourth-order valence-corrected chi connectivity index (χ4v) is 4.83. The molecule has 2 rings (SSSR count). The second kappa shape index (κ2) is 19.2. The first-order valence-electron chi connectivity index (χ1n) is 15.9. The summed E-state index contributed by atoms with van der Waals surface area (Å²) in [5.74, 6) is -5.13. The van der Waals surface area contributed by atoms with Gasteiger partial charge in [0.15, 0.2) is 0 Å². The summed E-state index contributed by atoms with van der Waals surface area (Å²) in [5.41, 5.74) is 6.30. The highest BCUT2D eigenvalue weighted by molar-refractivity contribution is 5.97. The molecule has 260 valence electrons. The number of aliphatic hydroxyl groups is 1. The van der Waals surface area contributed by atoms with Gasteiger partial charge in [-0.05, 0) is 36.7 Å². The van der Waals surface area contributed by atoms with E-state index in [1.165, 1.54) is 0 Å². The predicted molar refractivity (Wildman–Crippen MR) is 170 cm³/mol. The molecule has 6 amide bonds. The zero-order chi connectivity index (χ0) is 35.1. The highest BCUT2D eigenvalue weighted by Gasteiger charge is 2.34. The first-order valence-corrected chi connectivity index (χ1v) is 15.9. The number of esters is 1. The van der Waals surface area contributed by atoms with E-state index in [9.17, 15) is 38.7 Å². The number of benzene rings is 1. The van der Waals surface area contributed by atoms with E-state index in [4.69, 9.17) is 10.5 Å². The first kappa shape index (κ1) is 38.7. The topological polar surface area (TPSA) is 235 Å². The first-order chi connectivity index (χ1) is 22.2.